The van der Waals surface area contributed by atoms with Gasteiger partial charge >= 0.3 is 12.0 Å². The molecule has 0 saturated carbocycles. The molecule has 1 fully saturated rings. The van der Waals surface area contributed by atoms with Gasteiger partial charge in [0, 0.05) is 10.6 Å². The maximum atomic E-state index is 12.1. The summed E-state index contributed by atoms with van der Waals surface area (Å²) < 4.78 is 0.665. The van der Waals surface area contributed by atoms with Gasteiger partial charge in [0.15, 0.2) is 0 Å². The van der Waals surface area contributed by atoms with Crippen LogP contribution in [0.4, 0.5) is 4.79 Å². The average molecular weight is 321 g/mol. The normalized spacial score (nSPS) is 22.5. The van der Waals surface area contributed by atoms with Crippen LogP contribution in [0.25, 0.3) is 0 Å². The molecule has 2 rings (SSSR count). The van der Waals surface area contributed by atoms with E-state index in [0.717, 1.165) is 4.88 Å². The number of thiophene rings is 1. The summed E-state index contributed by atoms with van der Waals surface area (Å²) in [5.41, 5.74) is 0. The zero-order valence-electron chi connectivity index (χ0n) is 10.1. The first-order valence-corrected chi connectivity index (χ1v) is 7.88. The van der Waals surface area contributed by atoms with Crippen LogP contribution >= 0.6 is 34.7 Å². The van der Waals surface area contributed by atoms with Crippen molar-refractivity contribution in [3.8, 4) is 0 Å². The van der Waals surface area contributed by atoms with Crippen molar-refractivity contribution in [1.82, 2.24) is 10.2 Å². The second kappa shape index (κ2) is 6.02. The van der Waals surface area contributed by atoms with Gasteiger partial charge in [0.05, 0.1) is 16.3 Å². The summed E-state index contributed by atoms with van der Waals surface area (Å²) in [4.78, 5) is 25.5. The van der Waals surface area contributed by atoms with E-state index in [1.807, 2.05) is 13.0 Å². The van der Waals surface area contributed by atoms with Crippen molar-refractivity contribution in [3.63, 3.8) is 0 Å². The summed E-state index contributed by atoms with van der Waals surface area (Å²) >= 11 is 8.66. The van der Waals surface area contributed by atoms with Crippen molar-refractivity contribution in [2.75, 3.05) is 5.75 Å². The third-order valence-corrected chi connectivity index (χ3v) is 5.23. The number of hydrogen-bond acceptors (Lipinski definition) is 4. The number of carbonyl (C=O) groups excluding carboxylic acids is 1. The second-order valence-corrected chi connectivity index (χ2v) is 7.21. The summed E-state index contributed by atoms with van der Waals surface area (Å²) in [6, 6.07) is 2.49. The molecule has 2 atom stereocenters. The Bertz CT molecular complexity index is 494. The average Bonchev–Trinajstić information content (AvgIpc) is 2.92. The minimum atomic E-state index is -0.967. The van der Waals surface area contributed by atoms with E-state index in [9.17, 15) is 9.59 Å². The number of nitrogens with one attached hydrogen (secondary N) is 1. The summed E-state index contributed by atoms with van der Waals surface area (Å²) in [6.07, 6.45) is 0. The van der Waals surface area contributed by atoms with E-state index in [0.29, 0.717) is 16.6 Å². The lowest BCUT2D eigenvalue weighted by Crippen LogP contribution is -2.49. The lowest BCUT2D eigenvalue weighted by atomic mass is 10.3. The Kier molecular flexibility index (Phi) is 4.59. The van der Waals surface area contributed by atoms with E-state index < -0.39 is 12.0 Å². The Balaban J connectivity index is 1.96. The number of carboxylic acids is 1. The number of amides is 2. The monoisotopic (exact) mass is 320 g/mol. The molecule has 1 aromatic heterocycles. The van der Waals surface area contributed by atoms with Crippen molar-refractivity contribution in [3.05, 3.63) is 21.3 Å². The van der Waals surface area contributed by atoms with Crippen molar-refractivity contribution in [1.29, 1.82) is 0 Å². The molecule has 1 saturated heterocycles. The minimum Gasteiger partial charge on any atom is -0.480 e. The smallest absolute Gasteiger partial charge is 0.327 e. The number of thioether (sulfide) groups is 1. The van der Waals surface area contributed by atoms with Crippen LogP contribution in [0, 0.1) is 0 Å². The molecular weight excluding hydrogens is 308 g/mol. The van der Waals surface area contributed by atoms with Crippen LogP contribution in [0.5, 0.6) is 0 Å². The van der Waals surface area contributed by atoms with E-state index in [4.69, 9.17) is 16.7 Å². The Morgan fingerprint density at radius 2 is 2.32 bits per heavy atom. The highest BCUT2D eigenvalue weighted by Crippen LogP contribution is 2.29. The number of nitrogens with zero attached hydrogens (tertiary/aromatic N) is 1. The molecule has 1 aliphatic rings. The molecule has 0 aromatic carbocycles. The Morgan fingerprint density at radius 3 is 2.89 bits per heavy atom. The SMILES string of the molecule is CC1SCC(C(=O)O)N1C(=O)NCc1ccc(Cl)s1. The van der Waals surface area contributed by atoms with Gasteiger partial charge in [0.1, 0.15) is 6.04 Å². The predicted octanol–water partition coefficient (Wildman–Crippen LogP) is 2.46. The van der Waals surface area contributed by atoms with Crippen LogP contribution in [-0.2, 0) is 11.3 Å². The summed E-state index contributed by atoms with van der Waals surface area (Å²) in [7, 11) is 0. The van der Waals surface area contributed by atoms with Crippen molar-refractivity contribution in [2.24, 2.45) is 0 Å². The Labute approximate surface area is 123 Å². The van der Waals surface area contributed by atoms with Crippen molar-refractivity contribution in [2.45, 2.75) is 24.9 Å². The first-order valence-electron chi connectivity index (χ1n) is 5.64. The van der Waals surface area contributed by atoms with Crippen LogP contribution in [0.3, 0.4) is 0 Å². The van der Waals surface area contributed by atoms with Gasteiger partial charge in [0.25, 0.3) is 0 Å². The number of halogens is 1. The van der Waals surface area contributed by atoms with Gasteiger partial charge in [-0.1, -0.05) is 11.6 Å². The molecule has 2 N–H and O–H groups in total. The molecule has 2 heterocycles. The lowest BCUT2D eigenvalue weighted by molar-refractivity contribution is -0.141. The largest absolute Gasteiger partial charge is 0.480 e. The van der Waals surface area contributed by atoms with E-state index in [-0.39, 0.29) is 11.4 Å². The van der Waals surface area contributed by atoms with E-state index in [2.05, 4.69) is 5.32 Å². The van der Waals surface area contributed by atoms with Crippen LogP contribution in [0.15, 0.2) is 12.1 Å². The molecule has 0 aliphatic carbocycles. The molecule has 0 spiro atoms. The van der Waals surface area contributed by atoms with Crippen LogP contribution < -0.4 is 5.32 Å². The van der Waals surface area contributed by atoms with Gasteiger partial charge < -0.3 is 10.4 Å². The molecule has 0 radical (unpaired) electrons. The highest BCUT2D eigenvalue weighted by Gasteiger charge is 2.39. The van der Waals surface area contributed by atoms with Gasteiger partial charge in [-0.2, -0.15) is 0 Å². The van der Waals surface area contributed by atoms with Gasteiger partial charge in [0.2, 0.25) is 0 Å². The predicted molar refractivity (Wildman–Crippen MR) is 76.7 cm³/mol. The lowest BCUT2D eigenvalue weighted by Gasteiger charge is -2.25. The standard InChI is InChI=1S/C11H13ClN2O3S2/c1-6-14(8(5-18-6)10(15)16)11(17)13-4-7-2-3-9(12)19-7/h2-3,6,8H,4-5H2,1H3,(H,13,17)(H,15,16). The molecule has 104 valence electrons. The van der Waals surface area contributed by atoms with E-state index in [1.165, 1.54) is 28.0 Å². The molecule has 2 amide bonds. The maximum Gasteiger partial charge on any atom is 0.327 e. The zero-order chi connectivity index (χ0) is 14.0. The number of rotatable bonds is 3. The quantitative estimate of drug-likeness (QED) is 0.897. The van der Waals surface area contributed by atoms with Crippen LogP contribution in [0.1, 0.15) is 11.8 Å². The topological polar surface area (TPSA) is 69.6 Å². The number of carboxylic acid groups (broad SMARTS) is 1. The zero-order valence-corrected chi connectivity index (χ0v) is 12.5. The molecule has 1 aromatic rings. The van der Waals surface area contributed by atoms with Gasteiger partial charge in [-0.3, -0.25) is 4.90 Å². The molecule has 5 nitrogen and oxygen atoms in total. The summed E-state index contributed by atoms with van der Waals surface area (Å²) in [5, 5.41) is 11.7. The highest BCUT2D eigenvalue weighted by molar-refractivity contribution is 8.00. The van der Waals surface area contributed by atoms with Crippen LogP contribution in [-0.4, -0.2) is 39.2 Å². The van der Waals surface area contributed by atoms with Crippen molar-refractivity contribution >= 4 is 46.7 Å². The van der Waals surface area contributed by atoms with Gasteiger partial charge in [-0.05, 0) is 19.1 Å². The molecule has 8 heteroatoms. The minimum absolute atomic E-state index is 0.131. The molecule has 19 heavy (non-hydrogen) atoms. The fourth-order valence-corrected chi connectivity index (χ4v) is 4.04. The van der Waals surface area contributed by atoms with E-state index >= 15 is 0 Å². The highest BCUT2D eigenvalue weighted by atomic mass is 35.5. The fourth-order valence-electron chi connectivity index (χ4n) is 1.84. The Hall–Kier alpha value is -0.920. The molecule has 0 bridgehead atoms. The molecule has 2 unspecified atom stereocenters. The van der Waals surface area contributed by atoms with Crippen LogP contribution in [0.2, 0.25) is 4.34 Å². The maximum absolute atomic E-state index is 12.1. The molecular formula is C11H13ClN2O3S2. The third-order valence-electron chi connectivity index (χ3n) is 2.79. The second-order valence-electron chi connectivity index (χ2n) is 4.06. The fraction of sp³-hybridized carbons (Fsp3) is 0.455. The third kappa shape index (κ3) is 3.34. The number of hydrogen-bond donors (Lipinski definition) is 2. The first kappa shape index (κ1) is 14.5. The Morgan fingerprint density at radius 1 is 1.58 bits per heavy atom. The number of aliphatic carboxylic acids is 1. The van der Waals surface area contributed by atoms with Gasteiger partial charge in [-0.15, -0.1) is 23.1 Å². The number of urea groups is 1. The van der Waals surface area contributed by atoms with E-state index in [1.54, 1.807) is 6.07 Å². The van der Waals surface area contributed by atoms with Gasteiger partial charge in [-0.25, -0.2) is 9.59 Å². The number of carbonyl (C=O) groups is 2. The molecule has 1 aliphatic heterocycles. The van der Waals surface area contributed by atoms with Crippen molar-refractivity contribution < 1.29 is 14.7 Å². The summed E-state index contributed by atoms with van der Waals surface area (Å²) in [6.45, 7) is 2.19. The first-order chi connectivity index (χ1) is 8.99. The summed E-state index contributed by atoms with van der Waals surface area (Å²) in [5.74, 6) is -0.541.